The van der Waals surface area contributed by atoms with Gasteiger partial charge in [0.1, 0.15) is 0 Å². The number of hydrogen-bond acceptors (Lipinski definition) is 4. The first-order valence-corrected chi connectivity index (χ1v) is 9.68. The molecule has 0 radical (unpaired) electrons. The number of aromatic nitrogens is 2. The van der Waals surface area contributed by atoms with Gasteiger partial charge in [0.2, 0.25) is 0 Å². The largest absolute Gasteiger partial charge is 0.330 e. The van der Waals surface area contributed by atoms with Gasteiger partial charge >= 0.3 is 0 Å². The third-order valence-electron chi connectivity index (χ3n) is 4.83. The monoisotopic (exact) mass is 386 g/mol. The fourth-order valence-corrected chi connectivity index (χ4v) is 4.56. The number of nitrogens with zero attached hydrogens (tertiary/aromatic N) is 3. The number of aryl methyl sites for hydroxylation is 1. The summed E-state index contributed by atoms with van der Waals surface area (Å²) in [4.78, 5) is 16.0. The smallest absolute Gasteiger partial charge is 0.254 e. The van der Waals surface area contributed by atoms with Crippen molar-refractivity contribution in [3.63, 3.8) is 0 Å². The van der Waals surface area contributed by atoms with E-state index in [1.807, 2.05) is 41.6 Å². The lowest BCUT2D eigenvalue weighted by atomic mass is 10.0. The molecule has 1 atom stereocenters. The predicted molar refractivity (Wildman–Crippen MR) is 104 cm³/mol. The first-order chi connectivity index (χ1) is 12.6. The second-order valence-corrected chi connectivity index (χ2v) is 7.88. The maximum Gasteiger partial charge on any atom is 0.254 e. The van der Waals surface area contributed by atoms with E-state index in [1.54, 1.807) is 22.2 Å². The van der Waals surface area contributed by atoms with E-state index < -0.39 is 0 Å². The molecule has 0 spiro atoms. The van der Waals surface area contributed by atoms with Crippen LogP contribution in [0.15, 0.2) is 41.9 Å². The fraction of sp³-hybridized carbons (Fsp3) is 0.263. The van der Waals surface area contributed by atoms with E-state index >= 15 is 0 Å². The molecule has 3 heterocycles. The Balaban J connectivity index is 1.63. The molecule has 0 fully saturated rings. The van der Waals surface area contributed by atoms with Crippen molar-refractivity contribution in [3.8, 4) is 11.3 Å². The number of benzene rings is 1. The molecule has 134 valence electrons. The van der Waals surface area contributed by atoms with Crippen molar-refractivity contribution in [2.24, 2.45) is 12.8 Å². The Hall–Kier alpha value is -2.15. The van der Waals surface area contributed by atoms with Crippen LogP contribution in [0.1, 0.15) is 20.8 Å². The molecule has 7 heteroatoms. The third-order valence-corrected chi connectivity index (χ3v) is 6.01. The van der Waals surface area contributed by atoms with Gasteiger partial charge in [-0.15, -0.1) is 11.3 Å². The zero-order chi connectivity index (χ0) is 18.3. The van der Waals surface area contributed by atoms with Crippen LogP contribution in [0, 0.1) is 0 Å². The molecule has 1 aliphatic heterocycles. The summed E-state index contributed by atoms with van der Waals surface area (Å²) in [6.45, 7) is 1.02. The molecule has 0 bridgehead atoms. The molecule has 4 rings (SSSR count). The van der Waals surface area contributed by atoms with Crippen LogP contribution in [-0.2, 0) is 20.0 Å². The molecule has 1 aliphatic rings. The van der Waals surface area contributed by atoms with Crippen molar-refractivity contribution in [3.05, 3.63) is 62.9 Å². The number of rotatable bonds is 5. The molecule has 1 amide bonds. The summed E-state index contributed by atoms with van der Waals surface area (Å²) in [5, 5.41) is 6.84. The van der Waals surface area contributed by atoms with Gasteiger partial charge in [-0.2, -0.15) is 5.10 Å². The number of carbonyl (C=O) groups is 1. The number of halogens is 1. The van der Waals surface area contributed by atoms with Crippen molar-refractivity contribution in [2.75, 3.05) is 6.54 Å². The van der Waals surface area contributed by atoms with Crippen molar-refractivity contribution >= 4 is 28.8 Å². The Morgan fingerprint density at radius 3 is 2.88 bits per heavy atom. The molecule has 0 unspecified atom stereocenters. The molecule has 2 aromatic heterocycles. The van der Waals surface area contributed by atoms with E-state index in [4.69, 9.17) is 17.3 Å². The molecule has 3 aromatic rings. The number of hydrogen-bond donors (Lipinski definition) is 1. The van der Waals surface area contributed by atoms with E-state index in [-0.39, 0.29) is 11.9 Å². The van der Waals surface area contributed by atoms with Gasteiger partial charge in [0.15, 0.2) is 0 Å². The maximum atomic E-state index is 12.9. The van der Waals surface area contributed by atoms with Crippen molar-refractivity contribution in [1.29, 1.82) is 0 Å². The van der Waals surface area contributed by atoms with E-state index in [0.29, 0.717) is 18.1 Å². The summed E-state index contributed by atoms with van der Waals surface area (Å²) in [5.74, 6) is 0.0506. The predicted octanol–water partition coefficient (Wildman–Crippen LogP) is 3.33. The molecular weight excluding hydrogens is 368 g/mol. The van der Waals surface area contributed by atoms with Gasteiger partial charge in [-0.1, -0.05) is 23.7 Å². The Kier molecular flexibility index (Phi) is 4.56. The number of thiophene rings is 1. The number of carbonyl (C=O) groups excluding carboxylic acids is 1. The van der Waals surface area contributed by atoms with Crippen molar-refractivity contribution < 1.29 is 4.79 Å². The Labute approximate surface area is 161 Å². The van der Waals surface area contributed by atoms with Crippen LogP contribution in [-0.4, -0.2) is 33.2 Å². The van der Waals surface area contributed by atoms with Crippen LogP contribution >= 0.6 is 22.9 Å². The second kappa shape index (κ2) is 6.87. The molecule has 5 nitrogen and oxygen atoms in total. The fourth-order valence-electron chi connectivity index (χ4n) is 3.50. The van der Waals surface area contributed by atoms with Gasteiger partial charge in [-0.25, -0.2) is 0 Å². The number of nitrogens with two attached hydrogens (primary N) is 1. The first kappa shape index (κ1) is 17.3. The summed E-state index contributed by atoms with van der Waals surface area (Å²) in [7, 11) is 1.86. The molecule has 0 saturated carbocycles. The Bertz CT molecular complexity index is 931. The van der Waals surface area contributed by atoms with Crippen LogP contribution in [0.4, 0.5) is 0 Å². The lowest BCUT2D eigenvalue weighted by Crippen LogP contribution is -2.42. The summed E-state index contributed by atoms with van der Waals surface area (Å²) in [6, 6.07) is 9.96. The van der Waals surface area contributed by atoms with Crippen LogP contribution in [0.3, 0.4) is 0 Å². The third kappa shape index (κ3) is 2.94. The summed E-state index contributed by atoms with van der Waals surface area (Å²) in [5.41, 5.74) is 9.57. The van der Waals surface area contributed by atoms with E-state index in [2.05, 4.69) is 11.2 Å². The van der Waals surface area contributed by atoms with Gasteiger partial charge in [0, 0.05) is 48.6 Å². The molecular formula is C19H19ClN4OS. The Morgan fingerprint density at radius 2 is 2.23 bits per heavy atom. The van der Waals surface area contributed by atoms with E-state index in [0.717, 1.165) is 28.8 Å². The Morgan fingerprint density at radius 1 is 1.38 bits per heavy atom. The number of amides is 1. The summed E-state index contributed by atoms with van der Waals surface area (Å²) in [6.07, 6.45) is 2.42. The van der Waals surface area contributed by atoms with E-state index in [1.165, 1.54) is 4.88 Å². The molecule has 0 aliphatic carbocycles. The topological polar surface area (TPSA) is 64.2 Å². The average molecular weight is 387 g/mol. The van der Waals surface area contributed by atoms with E-state index in [9.17, 15) is 4.79 Å². The van der Waals surface area contributed by atoms with Crippen LogP contribution in [0.2, 0.25) is 5.02 Å². The van der Waals surface area contributed by atoms with Crippen molar-refractivity contribution in [2.45, 2.75) is 19.0 Å². The van der Waals surface area contributed by atoms with Crippen LogP contribution in [0.5, 0.6) is 0 Å². The quantitative estimate of drug-likeness (QED) is 0.731. The summed E-state index contributed by atoms with van der Waals surface area (Å²) >= 11 is 7.96. The van der Waals surface area contributed by atoms with Gasteiger partial charge in [0.05, 0.1) is 16.9 Å². The molecule has 26 heavy (non-hydrogen) atoms. The van der Waals surface area contributed by atoms with Gasteiger partial charge in [-0.3, -0.25) is 9.48 Å². The van der Waals surface area contributed by atoms with Crippen LogP contribution < -0.4 is 5.73 Å². The highest BCUT2D eigenvalue weighted by atomic mass is 35.5. The maximum absolute atomic E-state index is 12.9. The normalized spacial score (nSPS) is 14.7. The highest BCUT2D eigenvalue weighted by Crippen LogP contribution is 2.33. The van der Waals surface area contributed by atoms with Crippen LogP contribution in [0.25, 0.3) is 11.3 Å². The van der Waals surface area contributed by atoms with Gasteiger partial charge in [-0.05, 0) is 29.1 Å². The lowest BCUT2D eigenvalue weighted by molar-refractivity contribution is 0.0708. The standard InChI is InChI=1S/C19H19ClN4OS/c1-23-18(17(20)10-22-23)12-4-5-16-13(7-12)11-24(19(16)25)14(9-21)8-15-3-2-6-26-15/h2-7,10,14H,8-9,11,21H2,1H3/t14-/m0/s1. The van der Waals surface area contributed by atoms with Crippen molar-refractivity contribution in [1.82, 2.24) is 14.7 Å². The molecule has 0 saturated heterocycles. The van der Waals surface area contributed by atoms with Gasteiger partial charge in [0.25, 0.3) is 5.91 Å². The highest BCUT2D eigenvalue weighted by molar-refractivity contribution is 7.09. The number of fused-ring (bicyclic) bond motifs is 1. The highest BCUT2D eigenvalue weighted by Gasteiger charge is 2.32. The molecule has 1 aromatic carbocycles. The minimum atomic E-state index is -0.00251. The zero-order valence-corrected chi connectivity index (χ0v) is 15.9. The SMILES string of the molecule is Cn1ncc(Cl)c1-c1ccc2c(c1)CN([C@H](CN)Cc1cccs1)C2=O. The minimum absolute atomic E-state index is 0.00251. The zero-order valence-electron chi connectivity index (χ0n) is 14.4. The second-order valence-electron chi connectivity index (χ2n) is 6.44. The molecule has 2 N–H and O–H groups in total. The first-order valence-electron chi connectivity index (χ1n) is 8.42. The minimum Gasteiger partial charge on any atom is -0.330 e. The summed E-state index contributed by atoms with van der Waals surface area (Å²) < 4.78 is 1.75. The average Bonchev–Trinajstić information content (AvgIpc) is 3.33. The van der Waals surface area contributed by atoms with Gasteiger partial charge < -0.3 is 10.6 Å². The lowest BCUT2D eigenvalue weighted by Gasteiger charge is -2.26.